The van der Waals surface area contributed by atoms with Gasteiger partial charge in [0.05, 0.1) is 24.4 Å². The van der Waals surface area contributed by atoms with Crippen LogP contribution in [0.4, 0.5) is 16.2 Å². The molecule has 244 valence electrons. The second kappa shape index (κ2) is 15.6. The van der Waals surface area contributed by atoms with Gasteiger partial charge in [0, 0.05) is 34.0 Å². The van der Waals surface area contributed by atoms with Crippen LogP contribution in [0.3, 0.4) is 0 Å². The Bertz CT molecular complexity index is 1820. The lowest BCUT2D eigenvalue weighted by molar-refractivity contribution is -0.245. The van der Waals surface area contributed by atoms with Crippen molar-refractivity contribution in [3.8, 4) is 11.5 Å². The molecule has 0 bridgehead atoms. The summed E-state index contributed by atoms with van der Waals surface area (Å²) in [4.78, 5) is 25.1. The Balaban J connectivity index is 1.12. The van der Waals surface area contributed by atoms with E-state index in [0.717, 1.165) is 27.3 Å². The largest absolute Gasteiger partial charge is 0.478 e. The van der Waals surface area contributed by atoms with Gasteiger partial charge in [-0.2, -0.15) is 0 Å². The zero-order chi connectivity index (χ0) is 33.3. The van der Waals surface area contributed by atoms with E-state index in [1.165, 1.54) is 0 Å². The summed E-state index contributed by atoms with van der Waals surface area (Å²) in [5, 5.41) is 24.5. The minimum atomic E-state index is -0.963. The van der Waals surface area contributed by atoms with Gasteiger partial charge < -0.3 is 35.1 Å². The van der Waals surface area contributed by atoms with E-state index in [1.54, 1.807) is 66.4 Å². The van der Waals surface area contributed by atoms with E-state index in [4.69, 9.17) is 14.2 Å². The van der Waals surface area contributed by atoms with Crippen molar-refractivity contribution in [1.29, 1.82) is 0 Å². The summed E-state index contributed by atoms with van der Waals surface area (Å²) in [6, 6.07) is 38.0. The Morgan fingerprint density at radius 3 is 2.17 bits per heavy atom. The van der Waals surface area contributed by atoms with Crippen LogP contribution >= 0.6 is 11.8 Å². The number of thioether (sulfide) groups is 1. The first-order chi connectivity index (χ1) is 23.4. The number of hydrogen-bond acceptors (Lipinski definition) is 7. The number of ether oxygens (including phenoxy) is 3. The molecule has 2 amide bonds. The summed E-state index contributed by atoms with van der Waals surface area (Å²) in [6.07, 6.45) is -0.567. The molecule has 10 heteroatoms. The number of carbonyl (C=O) groups is 2. The molecule has 4 N–H and O–H groups in total. The molecular weight excluding hydrogens is 628 g/mol. The molecule has 0 saturated carbocycles. The number of carboxylic acid groups (broad SMARTS) is 1. The molecule has 0 unspecified atom stereocenters. The summed E-state index contributed by atoms with van der Waals surface area (Å²) in [6.45, 7) is -0.0428. The second-order valence-electron chi connectivity index (χ2n) is 11.1. The molecule has 5 aromatic carbocycles. The van der Waals surface area contributed by atoms with E-state index in [1.807, 2.05) is 72.8 Å². The summed E-state index contributed by atoms with van der Waals surface area (Å²) in [5.41, 5.74) is 3.94. The fourth-order valence-electron chi connectivity index (χ4n) is 5.19. The number of aliphatic hydroxyl groups is 1. The third kappa shape index (κ3) is 8.81. The summed E-state index contributed by atoms with van der Waals surface area (Å²) in [7, 11) is 0. The number of carboxylic acids is 1. The summed E-state index contributed by atoms with van der Waals surface area (Å²) >= 11 is 1.58. The molecule has 1 fully saturated rings. The van der Waals surface area contributed by atoms with Crippen LogP contribution in [0.5, 0.6) is 11.5 Å². The van der Waals surface area contributed by atoms with E-state index in [-0.39, 0.29) is 24.4 Å². The number of aromatic carboxylic acids is 1. The first kappa shape index (κ1) is 32.8. The van der Waals surface area contributed by atoms with Crippen LogP contribution in [-0.2, 0) is 16.1 Å². The fraction of sp³-hybridized carbons (Fsp3) is 0.158. The van der Waals surface area contributed by atoms with Crippen molar-refractivity contribution in [2.24, 2.45) is 0 Å². The van der Waals surface area contributed by atoms with Gasteiger partial charge in [0.15, 0.2) is 6.29 Å². The van der Waals surface area contributed by atoms with Crippen molar-refractivity contribution in [2.45, 2.75) is 36.4 Å². The lowest BCUT2D eigenvalue weighted by Crippen LogP contribution is -2.31. The van der Waals surface area contributed by atoms with Gasteiger partial charge in [0.1, 0.15) is 11.5 Å². The van der Waals surface area contributed by atoms with Gasteiger partial charge in [-0.3, -0.25) is 0 Å². The maximum atomic E-state index is 12.9. The van der Waals surface area contributed by atoms with Crippen molar-refractivity contribution < 1.29 is 34.0 Å². The zero-order valence-electron chi connectivity index (χ0n) is 25.8. The Morgan fingerprint density at radius 2 is 1.46 bits per heavy atom. The maximum Gasteiger partial charge on any atom is 0.335 e. The predicted octanol–water partition coefficient (Wildman–Crippen LogP) is 8.65. The third-order valence-electron chi connectivity index (χ3n) is 7.66. The van der Waals surface area contributed by atoms with E-state index in [9.17, 15) is 19.8 Å². The van der Waals surface area contributed by atoms with Gasteiger partial charge in [0.2, 0.25) is 0 Å². The van der Waals surface area contributed by atoms with Crippen molar-refractivity contribution in [1.82, 2.24) is 0 Å². The topological polar surface area (TPSA) is 126 Å². The maximum absolute atomic E-state index is 12.9. The number of benzene rings is 5. The van der Waals surface area contributed by atoms with Crippen LogP contribution in [-0.4, -0.2) is 34.1 Å². The van der Waals surface area contributed by atoms with Crippen LogP contribution < -0.4 is 15.4 Å². The first-order valence-corrected chi connectivity index (χ1v) is 16.4. The molecule has 0 aromatic heterocycles. The van der Waals surface area contributed by atoms with Gasteiger partial charge in [0.25, 0.3) is 0 Å². The quantitative estimate of drug-likeness (QED) is 0.104. The molecule has 1 heterocycles. The molecule has 5 aromatic rings. The number of rotatable bonds is 11. The van der Waals surface area contributed by atoms with Gasteiger partial charge in [-0.25, -0.2) is 9.59 Å². The second-order valence-corrected chi connectivity index (χ2v) is 12.2. The number of hydrogen-bond donors (Lipinski definition) is 4. The Hall–Kier alpha value is -5.13. The number of carbonyl (C=O) groups excluding carboxylic acids is 1. The van der Waals surface area contributed by atoms with Gasteiger partial charge in [-0.1, -0.05) is 54.6 Å². The monoisotopic (exact) mass is 662 g/mol. The molecule has 9 nitrogen and oxygen atoms in total. The molecular formula is C38H34N2O7S. The van der Waals surface area contributed by atoms with Gasteiger partial charge >= 0.3 is 12.0 Å². The van der Waals surface area contributed by atoms with Gasteiger partial charge in [-0.15, -0.1) is 11.8 Å². The van der Waals surface area contributed by atoms with Crippen LogP contribution in [0, 0.1) is 0 Å². The molecule has 48 heavy (non-hydrogen) atoms. The number of nitrogens with one attached hydrogen (secondary N) is 2. The van der Waals surface area contributed by atoms with Crippen LogP contribution in [0.1, 0.15) is 45.9 Å². The standard InChI is InChI=1S/C38H34N2O7S/c41-23-25-9-11-26(12-10-25)35-22-33(24-48-34-19-13-27(14-20-34)36(42)43)46-37(47-35)28-5-4-6-30(21-28)40-38(44)39-29-15-17-32(18-16-29)45-31-7-2-1-3-8-31/h1-21,33,35,37,41H,22-24H2,(H,42,43)(H2,39,40,44)/t33-,35+,37+/m0/s1. The van der Waals surface area contributed by atoms with E-state index in [2.05, 4.69) is 10.6 Å². The number of aliphatic hydroxyl groups excluding tert-OH is 1. The molecule has 1 saturated heterocycles. The molecule has 0 aliphatic carbocycles. The molecule has 6 rings (SSSR count). The Morgan fingerprint density at radius 1 is 0.750 bits per heavy atom. The van der Waals surface area contributed by atoms with E-state index < -0.39 is 18.3 Å². The van der Waals surface area contributed by atoms with E-state index in [0.29, 0.717) is 29.3 Å². The summed E-state index contributed by atoms with van der Waals surface area (Å²) in [5.74, 6) is 1.04. The molecule has 1 aliphatic heterocycles. The number of para-hydroxylation sites is 1. The third-order valence-corrected chi connectivity index (χ3v) is 8.80. The van der Waals surface area contributed by atoms with Crippen LogP contribution in [0.25, 0.3) is 0 Å². The highest BCUT2D eigenvalue weighted by molar-refractivity contribution is 7.99. The average Bonchev–Trinajstić information content (AvgIpc) is 3.12. The lowest BCUT2D eigenvalue weighted by Gasteiger charge is -2.36. The highest BCUT2D eigenvalue weighted by atomic mass is 32.2. The van der Waals surface area contributed by atoms with Crippen molar-refractivity contribution in [3.05, 3.63) is 150 Å². The van der Waals surface area contributed by atoms with Crippen molar-refractivity contribution in [2.75, 3.05) is 16.4 Å². The lowest BCUT2D eigenvalue weighted by atomic mass is 10.0. The number of amides is 2. The normalized spacial score (nSPS) is 17.3. The molecule has 3 atom stereocenters. The van der Waals surface area contributed by atoms with E-state index >= 15 is 0 Å². The molecule has 0 spiro atoms. The minimum Gasteiger partial charge on any atom is -0.478 e. The van der Waals surface area contributed by atoms with Crippen LogP contribution in [0.15, 0.2) is 132 Å². The first-order valence-electron chi connectivity index (χ1n) is 15.4. The fourth-order valence-corrected chi connectivity index (χ4v) is 6.11. The Labute approximate surface area is 282 Å². The van der Waals surface area contributed by atoms with Gasteiger partial charge in [-0.05, 0) is 83.9 Å². The Kier molecular flexibility index (Phi) is 10.7. The highest BCUT2D eigenvalue weighted by Crippen LogP contribution is 2.40. The number of anilines is 2. The molecule has 1 aliphatic rings. The highest BCUT2D eigenvalue weighted by Gasteiger charge is 2.32. The zero-order valence-corrected chi connectivity index (χ0v) is 26.6. The molecule has 0 radical (unpaired) electrons. The average molecular weight is 663 g/mol. The van der Waals surface area contributed by atoms with Crippen molar-refractivity contribution >= 4 is 35.1 Å². The predicted molar refractivity (Wildman–Crippen MR) is 185 cm³/mol. The SMILES string of the molecule is O=C(Nc1ccc(Oc2ccccc2)cc1)Nc1cccc([C@@H]2O[C@H](CSc3ccc(C(=O)O)cc3)C[C@H](c3ccc(CO)cc3)O2)c1. The smallest absolute Gasteiger partial charge is 0.335 e. The summed E-state index contributed by atoms with van der Waals surface area (Å²) < 4.78 is 18.7. The number of urea groups is 1. The minimum absolute atomic E-state index is 0.0428. The van der Waals surface area contributed by atoms with Crippen LogP contribution in [0.2, 0.25) is 0 Å². The van der Waals surface area contributed by atoms with Crippen molar-refractivity contribution in [3.63, 3.8) is 0 Å².